The lowest BCUT2D eigenvalue weighted by atomic mass is 10.2. The molecule has 3 atom stereocenters. The van der Waals surface area contributed by atoms with Gasteiger partial charge in [0.2, 0.25) is 0 Å². The van der Waals surface area contributed by atoms with Gasteiger partial charge in [-0.2, -0.15) is 0 Å². The zero-order valence-corrected chi connectivity index (χ0v) is 13.0. The van der Waals surface area contributed by atoms with Gasteiger partial charge < -0.3 is 23.5 Å². The lowest BCUT2D eigenvalue weighted by Crippen LogP contribution is -2.37. The third-order valence-corrected chi connectivity index (χ3v) is 4.25. The van der Waals surface area contributed by atoms with Gasteiger partial charge in [-0.1, -0.05) is 0 Å². The SMILES string of the molecule is O=C1CC(OC(=O)CC(C(=O)OC2COC(=O)C2)S(=O)(=O)[O-])CO1. The number of esters is 4. The van der Waals surface area contributed by atoms with Crippen molar-refractivity contribution in [3.63, 3.8) is 0 Å². The van der Waals surface area contributed by atoms with Crippen molar-refractivity contribution in [2.75, 3.05) is 13.2 Å². The Kier molecular flexibility index (Phi) is 5.39. The molecule has 24 heavy (non-hydrogen) atoms. The van der Waals surface area contributed by atoms with E-state index in [0.29, 0.717) is 0 Å². The van der Waals surface area contributed by atoms with Gasteiger partial charge in [0.25, 0.3) is 0 Å². The van der Waals surface area contributed by atoms with Crippen molar-refractivity contribution in [2.45, 2.75) is 36.7 Å². The van der Waals surface area contributed by atoms with Gasteiger partial charge in [0.05, 0.1) is 19.3 Å². The summed E-state index contributed by atoms with van der Waals surface area (Å²) in [5, 5.41) is -2.32. The molecule has 2 saturated heterocycles. The van der Waals surface area contributed by atoms with E-state index >= 15 is 0 Å². The first-order valence-corrected chi connectivity index (χ1v) is 8.28. The van der Waals surface area contributed by atoms with Crippen molar-refractivity contribution in [3.05, 3.63) is 0 Å². The minimum absolute atomic E-state index is 0.189. The normalized spacial score (nSPS) is 24.9. The number of ether oxygens (including phenoxy) is 4. The van der Waals surface area contributed by atoms with Crippen LogP contribution < -0.4 is 0 Å². The second-order valence-corrected chi connectivity index (χ2v) is 6.69. The van der Waals surface area contributed by atoms with Gasteiger partial charge in [-0.15, -0.1) is 0 Å². The molecule has 0 bridgehead atoms. The molecule has 0 aliphatic carbocycles. The van der Waals surface area contributed by atoms with Crippen LogP contribution in [0.5, 0.6) is 0 Å². The van der Waals surface area contributed by atoms with Crippen LogP contribution in [0.25, 0.3) is 0 Å². The van der Waals surface area contributed by atoms with E-state index < -0.39 is 57.9 Å². The maximum absolute atomic E-state index is 11.8. The van der Waals surface area contributed by atoms with Gasteiger partial charge >= 0.3 is 23.9 Å². The second-order valence-electron chi connectivity index (χ2n) is 5.13. The van der Waals surface area contributed by atoms with E-state index in [1.54, 1.807) is 0 Å². The smallest absolute Gasteiger partial charge is 0.324 e. The standard InChI is InChI=1S/C12H14O11S/c13-9-1-6(4-20-9)22-11(15)3-8(24(17,18)19)12(16)23-7-2-10(14)21-5-7/h6-8H,1-5H2,(H,17,18,19)/p-1. The van der Waals surface area contributed by atoms with Crippen LogP contribution in [0, 0.1) is 0 Å². The van der Waals surface area contributed by atoms with E-state index in [1.165, 1.54) is 0 Å². The molecule has 2 aliphatic heterocycles. The van der Waals surface area contributed by atoms with Gasteiger partial charge in [0.1, 0.15) is 35.5 Å². The highest BCUT2D eigenvalue weighted by Crippen LogP contribution is 2.17. The summed E-state index contributed by atoms with van der Waals surface area (Å²) >= 11 is 0. The summed E-state index contributed by atoms with van der Waals surface area (Å²) in [5.41, 5.74) is 0. The van der Waals surface area contributed by atoms with Crippen molar-refractivity contribution in [2.24, 2.45) is 0 Å². The van der Waals surface area contributed by atoms with Gasteiger partial charge in [-0.05, 0) is 0 Å². The summed E-state index contributed by atoms with van der Waals surface area (Å²) in [6.07, 6.45) is -3.48. The highest BCUT2D eigenvalue weighted by Gasteiger charge is 2.36. The largest absolute Gasteiger partial charge is 0.747 e. The molecule has 12 heteroatoms. The Morgan fingerprint density at radius 2 is 1.58 bits per heavy atom. The highest BCUT2D eigenvalue weighted by molar-refractivity contribution is 7.87. The minimum atomic E-state index is -5.21. The predicted molar refractivity (Wildman–Crippen MR) is 69.0 cm³/mol. The predicted octanol–water partition coefficient (Wildman–Crippen LogP) is -1.99. The maximum Gasteiger partial charge on any atom is 0.324 e. The number of hydrogen-bond donors (Lipinski definition) is 0. The molecule has 2 heterocycles. The number of cyclic esters (lactones) is 2. The Morgan fingerprint density at radius 1 is 1.08 bits per heavy atom. The van der Waals surface area contributed by atoms with Crippen LogP contribution in [0.3, 0.4) is 0 Å². The van der Waals surface area contributed by atoms with Crippen molar-refractivity contribution < 1.29 is 51.1 Å². The van der Waals surface area contributed by atoms with Gasteiger partial charge in [0.15, 0.2) is 5.25 Å². The molecule has 0 radical (unpaired) electrons. The Labute approximate surface area is 135 Å². The molecule has 0 aromatic heterocycles. The molecule has 0 aromatic carbocycles. The maximum atomic E-state index is 11.8. The summed E-state index contributed by atoms with van der Waals surface area (Å²) in [4.78, 5) is 45.3. The molecule has 0 amide bonds. The summed E-state index contributed by atoms with van der Waals surface area (Å²) in [6.45, 7) is -0.451. The third-order valence-electron chi connectivity index (χ3n) is 3.19. The van der Waals surface area contributed by atoms with Gasteiger partial charge in [-0.25, -0.2) is 8.42 Å². The Bertz CT molecular complexity index is 652. The average molecular weight is 365 g/mol. The number of hydrogen-bond acceptors (Lipinski definition) is 11. The van der Waals surface area contributed by atoms with Crippen LogP contribution in [-0.2, 0) is 48.2 Å². The Balaban J connectivity index is 1.95. The first kappa shape index (κ1) is 18.1. The summed E-state index contributed by atoms with van der Waals surface area (Å²) < 4.78 is 52.1. The zero-order chi connectivity index (χ0) is 17.9. The summed E-state index contributed by atoms with van der Waals surface area (Å²) in [5.74, 6) is -3.87. The van der Waals surface area contributed by atoms with Crippen molar-refractivity contribution in [1.82, 2.24) is 0 Å². The van der Waals surface area contributed by atoms with E-state index in [2.05, 4.69) is 9.47 Å². The fraction of sp³-hybridized carbons (Fsp3) is 0.667. The molecule has 11 nitrogen and oxygen atoms in total. The van der Waals surface area contributed by atoms with E-state index in [-0.39, 0.29) is 26.1 Å². The molecule has 0 saturated carbocycles. The molecular weight excluding hydrogens is 352 g/mol. The van der Waals surface area contributed by atoms with Crippen LogP contribution in [0.1, 0.15) is 19.3 Å². The van der Waals surface area contributed by atoms with E-state index in [1.807, 2.05) is 0 Å². The van der Waals surface area contributed by atoms with Crippen molar-refractivity contribution in [3.8, 4) is 0 Å². The van der Waals surface area contributed by atoms with Crippen LogP contribution in [0.15, 0.2) is 0 Å². The van der Waals surface area contributed by atoms with E-state index in [4.69, 9.17) is 9.47 Å². The fourth-order valence-corrected chi connectivity index (χ4v) is 2.69. The molecular formula is C12H13O11S-. The first-order chi connectivity index (χ1) is 11.1. The Hall–Kier alpha value is -2.21. The van der Waals surface area contributed by atoms with Gasteiger partial charge in [0, 0.05) is 0 Å². The molecule has 0 spiro atoms. The van der Waals surface area contributed by atoms with Crippen LogP contribution >= 0.6 is 0 Å². The minimum Gasteiger partial charge on any atom is -0.747 e. The van der Waals surface area contributed by atoms with Gasteiger partial charge in [-0.3, -0.25) is 19.2 Å². The van der Waals surface area contributed by atoms with Crippen LogP contribution in [0.2, 0.25) is 0 Å². The summed E-state index contributed by atoms with van der Waals surface area (Å²) in [7, 11) is -5.21. The quantitative estimate of drug-likeness (QED) is 0.291. The molecule has 134 valence electrons. The van der Waals surface area contributed by atoms with Crippen molar-refractivity contribution >= 4 is 34.0 Å². The number of carbonyl (C=O) groups is 4. The molecule has 3 unspecified atom stereocenters. The highest BCUT2D eigenvalue weighted by atomic mass is 32.2. The zero-order valence-electron chi connectivity index (χ0n) is 12.2. The molecule has 2 rings (SSSR count). The average Bonchev–Trinajstić information content (AvgIpc) is 3.03. The molecule has 2 fully saturated rings. The molecule has 0 aromatic rings. The molecule has 2 aliphatic rings. The lowest BCUT2D eigenvalue weighted by molar-refractivity contribution is -0.155. The molecule has 0 N–H and O–H groups in total. The number of carbonyl (C=O) groups excluding carboxylic acids is 4. The first-order valence-electron chi connectivity index (χ1n) is 6.81. The van der Waals surface area contributed by atoms with Crippen LogP contribution in [0.4, 0.5) is 0 Å². The lowest BCUT2D eigenvalue weighted by Gasteiger charge is -2.20. The number of rotatable bonds is 6. The third kappa shape index (κ3) is 4.89. The van der Waals surface area contributed by atoms with Crippen LogP contribution in [-0.4, -0.2) is 67.5 Å². The van der Waals surface area contributed by atoms with Crippen molar-refractivity contribution in [1.29, 1.82) is 0 Å². The Morgan fingerprint density at radius 3 is 2.00 bits per heavy atom. The van der Waals surface area contributed by atoms with E-state index in [0.717, 1.165) is 0 Å². The monoisotopic (exact) mass is 365 g/mol. The summed E-state index contributed by atoms with van der Waals surface area (Å²) in [6, 6.07) is 0. The fourth-order valence-electron chi connectivity index (χ4n) is 2.06. The van der Waals surface area contributed by atoms with E-state index in [9.17, 15) is 32.1 Å². The second kappa shape index (κ2) is 7.13. The topological polar surface area (TPSA) is 162 Å².